The molecule has 0 aliphatic carbocycles. The van der Waals surface area contributed by atoms with Crippen LogP contribution in [-0.2, 0) is 22.4 Å². The SMILES string of the molecule is O=C(O)CC(CC(=O)CCCCc1ccc2c(n1)NCCC2)c1cnc2c(n1)OCCO2. The number of aromatic nitrogens is 3. The quantitative estimate of drug-likeness (QED) is 0.537. The van der Waals surface area contributed by atoms with E-state index in [1.54, 1.807) is 0 Å². The molecule has 2 aromatic rings. The van der Waals surface area contributed by atoms with Crippen LogP contribution in [0.3, 0.4) is 0 Å². The Balaban J connectivity index is 1.28. The van der Waals surface area contributed by atoms with E-state index >= 15 is 0 Å². The van der Waals surface area contributed by atoms with Gasteiger partial charge < -0.3 is 19.9 Å². The molecule has 9 nitrogen and oxygen atoms in total. The summed E-state index contributed by atoms with van der Waals surface area (Å²) in [6.45, 7) is 1.72. The summed E-state index contributed by atoms with van der Waals surface area (Å²) in [5, 5.41) is 12.6. The van der Waals surface area contributed by atoms with Gasteiger partial charge in [-0.2, -0.15) is 0 Å². The third kappa shape index (κ3) is 5.72. The summed E-state index contributed by atoms with van der Waals surface area (Å²) in [6.07, 6.45) is 6.40. The van der Waals surface area contributed by atoms with Crippen LogP contribution in [0.1, 0.15) is 61.4 Å². The van der Waals surface area contributed by atoms with E-state index in [4.69, 9.17) is 9.47 Å². The molecule has 1 atom stereocenters. The molecule has 0 spiro atoms. The smallest absolute Gasteiger partial charge is 0.304 e. The van der Waals surface area contributed by atoms with E-state index in [-0.39, 0.29) is 24.5 Å². The maximum atomic E-state index is 12.6. The van der Waals surface area contributed by atoms with E-state index in [9.17, 15) is 14.7 Å². The summed E-state index contributed by atoms with van der Waals surface area (Å²) in [4.78, 5) is 37.1. The molecule has 0 saturated heterocycles. The number of carbonyl (C=O) groups is 2. The molecule has 0 bridgehead atoms. The van der Waals surface area contributed by atoms with Crippen LogP contribution >= 0.6 is 0 Å². The zero-order valence-corrected chi connectivity index (χ0v) is 18.0. The fourth-order valence-electron chi connectivity index (χ4n) is 4.05. The first-order chi connectivity index (χ1) is 15.6. The summed E-state index contributed by atoms with van der Waals surface area (Å²) in [5.74, 6) is 0.0354. The molecule has 0 radical (unpaired) electrons. The number of hydrogen-bond donors (Lipinski definition) is 2. The number of carbonyl (C=O) groups excluding carboxylic acids is 1. The van der Waals surface area contributed by atoms with Gasteiger partial charge in [-0.15, -0.1) is 0 Å². The van der Waals surface area contributed by atoms with Gasteiger partial charge in [0.2, 0.25) is 0 Å². The van der Waals surface area contributed by atoms with Crippen molar-refractivity contribution in [3.05, 3.63) is 35.3 Å². The molecule has 9 heteroatoms. The second-order valence-corrected chi connectivity index (χ2v) is 8.19. The van der Waals surface area contributed by atoms with Crippen LogP contribution in [-0.4, -0.2) is 51.6 Å². The molecule has 2 aliphatic rings. The third-order valence-electron chi connectivity index (χ3n) is 5.69. The van der Waals surface area contributed by atoms with Crippen LogP contribution in [0.15, 0.2) is 18.3 Å². The summed E-state index contributed by atoms with van der Waals surface area (Å²) in [6, 6.07) is 4.21. The summed E-state index contributed by atoms with van der Waals surface area (Å²) in [5.41, 5.74) is 2.73. The number of aliphatic carboxylic acids is 1. The van der Waals surface area contributed by atoms with Gasteiger partial charge >= 0.3 is 5.97 Å². The number of ketones is 1. The Bertz CT molecular complexity index is 981. The topological polar surface area (TPSA) is 124 Å². The number of carboxylic acids is 1. The fourth-order valence-corrected chi connectivity index (χ4v) is 4.05. The molecule has 4 heterocycles. The summed E-state index contributed by atoms with van der Waals surface area (Å²) < 4.78 is 10.8. The molecular formula is C23H28N4O5. The van der Waals surface area contributed by atoms with Gasteiger partial charge in [-0.3, -0.25) is 9.59 Å². The van der Waals surface area contributed by atoms with E-state index in [1.807, 2.05) is 0 Å². The molecule has 32 heavy (non-hydrogen) atoms. The average molecular weight is 441 g/mol. The van der Waals surface area contributed by atoms with Crippen molar-refractivity contribution in [3.63, 3.8) is 0 Å². The Hall–Kier alpha value is -3.23. The van der Waals surface area contributed by atoms with Crippen LogP contribution < -0.4 is 14.8 Å². The molecule has 2 N–H and O–H groups in total. The highest BCUT2D eigenvalue weighted by molar-refractivity contribution is 5.80. The monoisotopic (exact) mass is 440 g/mol. The molecule has 170 valence electrons. The van der Waals surface area contributed by atoms with Gasteiger partial charge in [-0.25, -0.2) is 15.0 Å². The lowest BCUT2D eigenvalue weighted by molar-refractivity contribution is -0.137. The van der Waals surface area contributed by atoms with Crippen LogP contribution in [0.2, 0.25) is 0 Å². The van der Waals surface area contributed by atoms with Crippen LogP contribution in [0.4, 0.5) is 5.82 Å². The highest BCUT2D eigenvalue weighted by atomic mass is 16.6. The molecule has 1 unspecified atom stereocenters. The van der Waals surface area contributed by atoms with Crippen molar-refractivity contribution in [1.29, 1.82) is 0 Å². The van der Waals surface area contributed by atoms with E-state index < -0.39 is 11.9 Å². The van der Waals surface area contributed by atoms with Crippen molar-refractivity contribution in [2.45, 2.75) is 57.3 Å². The molecule has 4 rings (SSSR count). The average Bonchev–Trinajstić information content (AvgIpc) is 2.80. The number of fused-ring (bicyclic) bond motifs is 2. The Labute approximate surface area is 186 Å². The number of ether oxygens (including phenoxy) is 2. The zero-order chi connectivity index (χ0) is 22.3. The second-order valence-electron chi connectivity index (χ2n) is 8.19. The number of aryl methyl sites for hydroxylation is 2. The molecule has 0 saturated carbocycles. The Morgan fingerprint density at radius 3 is 2.78 bits per heavy atom. The van der Waals surface area contributed by atoms with Gasteiger partial charge in [0.05, 0.1) is 18.3 Å². The second kappa shape index (κ2) is 10.4. The molecule has 2 aliphatic heterocycles. The zero-order valence-electron chi connectivity index (χ0n) is 18.0. The predicted octanol–water partition coefficient (Wildman–Crippen LogP) is 2.93. The van der Waals surface area contributed by atoms with Crippen LogP contribution in [0, 0.1) is 0 Å². The number of unbranched alkanes of at least 4 members (excludes halogenated alkanes) is 1. The number of carboxylic acid groups (broad SMARTS) is 1. The summed E-state index contributed by atoms with van der Waals surface area (Å²) in [7, 11) is 0. The maximum Gasteiger partial charge on any atom is 0.304 e. The van der Waals surface area contributed by atoms with Gasteiger partial charge in [0.15, 0.2) is 0 Å². The maximum absolute atomic E-state index is 12.6. The minimum Gasteiger partial charge on any atom is -0.481 e. The molecule has 0 aromatic carbocycles. The molecule has 0 fully saturated rings. The number of hydrogen-bond acceptors (Lipinski definition) is 8. The Morgan fingerprint density at radius 2 is 1.94 bits per heavy atom. The number of anilines is 1. The molecule has 0 amide bonds. The van der Waals surface area contributed by atoms with Crippen LogP contribution in [0.25, 0.3) is 0 Å². The lowest BCUT2D eigenvalue weighted by atomic mass is 9.93. The van der Waals surface area contributed by atoms with Gasteiger partial charge in [0.1, 0.15) is 24.8 Å². The first-order valence-electron chi connectivity index (χ1n) is 11.2. The molecule has 2 aromatic heterocycles. The Morgan fingerprint density at radius 1 is 1.09 bits per heavy atom. The first-order valence-corrected chi connectivity index (χ1v) is 11.2. The van der Waals surface area contributed by atoms with Crippen molar-refractivity contribution in [3.8, 4) is 11.8 Å². The minimum atomic E-state index is -0.980. The number of nitrogens with one attached hydrogen (secondary N) is 1. The van der Waals surface area contributed by atoms with Gasteiger partial charge in [0, 0.05) is 31.0 Å². The highest BCUT2D eigenvalue weighted by Gasteiger charge is 2.24. The van der Waals surface area contributed by atoms with Crippen LogP contribution in [0.5, 0.6) is 11.8 Å². The van der Waals surface area contributed by atoms with Crippen molar-refractivity contribution in [2.24, 2.45) is 0 Å². The summed E-state index contributed by atoms with van der Waals surface area (Å²) >= 11 is 0. The fraction of sp³-hybridized carbons (Fsp3) is 0.522. The van der Waals surface area contributed by atoms with Crippen molar-refractivity contribution < 1.29 is 24.2 Å². The number of nitrogens with zero attached hydrogens (tertiary/aromatic N) is 3. The van der Waals surface area contributed by atoms with E-state index in [2.05, 4.69) is 32.4 Å². The van der Waals surface area contributed by atoms with Gasteiger partial charge in [-0.1, -0.05) is 6.07 Å². The largest absolute Gasteiger partial charge is 0.481 e. The highest BCUT2D eigenvalue weighted by Crippen LogP contribution is 2.30. The number of Topliss-reactive ketones (excluding diaryl/α,β-unsaturated/α-hetero) is 1. The normalized spacial score (nSPS) is 15.4. The molecular weight excluding hydrogens is 412 g/mol. The van der Waals surface area contributed by atoms with E-state index in [0.29, 0.717) is 31.2 Å². The van der Waals surface area contributed by atoms with Gasteiger partial charge in [0.25, 0.3) is 11.8 Å². The van der Waals surface area contributed by atoms with E-state index in [1.165, 1.54) is 11.8 Å². The lowest BCUT2D eigenvalue weighted by Crippen LogP contribution is -2.19. The van der Waals surface area contributed by atoms with E-state index in [0.717, 1.165) is 50.2 Å². The van der Waals surface area contributed by atoms with Crippen molar-refractivity contribution in [1.82, 2.24) is 15.0 Å². The lowest BCUT2D eigenvalue weighted by Gasteiger charge is -2.19. The Kier molecular flexibility index (Phi) is 7.14. The van der Waals surface area contributed by atoms with Crippen molar-refractivity contribution >= 4 is 17.6 Å². The van der Waals surface area contributed by atoms with Gasteiger partial charge in [-0.05, 0) is 43.7 Å². The number of pyridine rings is 1. The third-order valence-corrected chi connectivity index (χ3v) is 5.69. The standard InChI is InChI=1S/C23H28N4O5/c28-18(6-2-1-5-17-8-7-15-4-3-9-24-21(15)26-17)12-16(13-20(29)30)19-14-25-22-23(27-19)32-11-10-31-22/h7-8,14,16H,1-6,9-13H2,(H,24,26)(H,29,30). The minimum absolute atomic E-state index is 0.0213. The first kappa shape index (κ1) is 22.0. The number of rotatable bonds is 10. The van der Waals surface area contributed by atoms with Crippen molar-refractivity contribution in [2.75, 3.05) is 25.1 Å². The predicted molar refractivity (Wildman–Crippen MR) is 116 cm³/mol.